The highest BCUT2D eigenvalue weighted by molar-refractivity contribution is 7.98. The molecule has 30 heavy (non-hydrogen) atoms. The molecule has 2 aromatic carbocycles. The molecule has 0 N–H and O–H groups in total. The van der Waals surface area contributed by atoms with Crippen LogP contribution in [0.25, 0.3) is 5.69 Å². The lowest BCUT2D eigenvalue weighted by molar-refractivity contribution is 0.0783. The number of tetrazole rings is 1. The van der Waals surface area contributed by atoms with E-state index in [1.807, 2.05) is 66.7 Å². The maximum absolute atomic E-state index is 13.1. The summed E-state index contributed by atoms with van der Waals surface area (Å²) in [4.78, 5) is 16.7. The molecule has 0 atom stereocenters. The SMILES string of the molecule is CN(Cc1ccc(Cl)s1)C(=O)c1ccccc1SCc1nnnn1-c1ccccc1. The molecule has 2 heterocycles. The van der Waals surface area contributed by atoms with Gasteiger partial charge >= 0.3 is 0 Å². The zero-order valence-corrected chi connectivity index (χ0v) is 18.5. The van der Waals surface area contributed by atoms with E-state index in [1.165, 1.54) is 11.3 Å². The Bertz CT molecular complexity index is 1150. The molecule has 2 aromatic heterocycles. The van der Waals surface area contributed by atoms with Crippen molar-refractivity contribution in [2.45, 2.75) is 17.2 Å². The van der Waals surface area contributed by atoms with Crippen LogP contribution in [-0.2, 0) is 12.3 Å². The number of thioether (sulfide) groups is 1. The van der Waals surface area contributed by atoms with Crippen LogP contribution in [0.3, 0.4) is 0 Å². The first-order valence-electron chi connectivity index (χ1n) is 9.16. The predicted octanol–water partition coefficient (Wildman–Crippen LogP) is 4.94. The fourth-order valence-corrected chi connectivity index (χ4v) is 5.02. The molecular formula is C21H18ClN5OS2. The van der Waals surface area contributed by atoms with Gasteiger partial charge in [0.2, 0.25) is 0 Å². The van der Waals surface area contributed by atoms with Gasteiger partial charge in [0.15, 0.2) is 5.82 Å². The molecule has 0 aliphatic heterocycles. The molecule has 0 bridgehead atoms. The first-order valence-corrected chi connectivity index (χ1v) is 11.3. The Kier molecular flexibility index (Phi) is 6.47. The van der Waals surface area contributed by atoms with Gasteiger partial charge in [-0.25, -0.2) is 0 Å². The molecule has 1 amide bonds. The average molecular weight is 456 g/mol. The second-order valence-corrected chi connectivity index (χ2v) is 9.31. The molecular weight excluding hydrogens is 438 g/mol. The highest BCUT2D eigenvalue weighted by Gasteiger charge is 2.18. The monoisotopic (exact) mass is 455 g/mol. The maximum atomic E-state index is 13.1. The highest BCUT2D eigenvalue weighted by Crippen LogP contribution is 2.28. The third-order valence-corrected chi connectivity index (χ3v) is 6.66. The van der Waals surface area contributed by atoms with Crippen LogP contribution in [0, 0.1) is 0 Å². The second-order valence-electron chi connectivity index (χ2n) is 6.49. The van der Waals surface area contributed by atoms with Crippen molar-refractivity contribution in [3.8, 4) is 5.69 Å². The van der Waals surface area contributed by atoms with E-state index in [-0.39, 0.29) is 5.91 Å². The van der Waals surface area contributed by atoms with Crippen LogP contribution in [0.1, 0.15) is 21.1 Å². The van der Waals surface area contributed by atoms with Crippen LogP contribution in [0.15, 0.2) is 71.6 Å². The standard InChI is InChI=1S/C21H18ClN5OS2/c1-26(13-16-11-12-19(22)30-16)21(28)17-9-5-6-10-18(17)29-14-20-23-24-25-27(20)15-7-3-2-4-8-15/h2-12H,13-14H2,1H3. The van der Waals surface area contributed by atoms with E-state index >= 15 is 0 Å². The minimum Gasteiger partial charge on any atom is -0.337 e. The van der Waals surface area contributed by atoms with Crippen molar-refractivity contribution >= 4 is 40.6 Å². The molecule has 6 nitrogen and oxygen atoms in total. The Balaban J connectivity index is 1.49. The third kappa shape index (κ3) is 4.72. The van der Waals surface area contributed by atoms with Crippen molar-refractivity contribution < 1.29 is 4.79 Å². The Morgan fingerprint density at radius 1 is 1.10 bits per heavy atom. The van der Waals surface area contributed by atoms with Crippen LogP contribution >= 0.6 is 34.7 Å². The van der Waals surface area contributed by atoms with Gasteiger partial charge in [0.25, 0.3) is 5.91 Å². The Morgan fingerprint density at radius 3 is 2.63 bits per heavy atom. The number of halogens is 1. The fourth-order valence-electron chi connectivity index (χ4n) is 2.92. The van der Waals surface area contributed by atoms with Crippen molar-refractivity contribution in [2.24, 2.45) is 0 Å². The van der Waals surface area contributed by atoms with Gasteiger partial charge in [0.05, 0.1) is 27.9 Å². The zero-order chi connectivity index (χ0) is 20.9. The van der Waals surface area contributed by atoms with Gasteiger partial charge in [0.1, 0.15) is 0 Å². The Labute approximate surface area is 187 Å². The average Bonchev–Trinajstić information content (AvgIpc) is 3.41. The molecule has 0 aliphatic carbocycles. The number of amides is 1. The van der Waals surface area contributed by atoms with Crippen LogP contribution in [0.5, 0.6) is 0 Å². The molecule has 152 valence electrons. The largest absolute Gasteiger partial charge is 0.337 e. The number of aromatic nitrogens is 4. The highest BCUT2D eigenvalue weighted by atomic mass is 35.5. The van der Waals surface area contributed by atoms with Crippen molar-refractivity contribution in [2.75, 3.05) is 7.05 Å². The minimum absolute atomic E-state index is 0.0368. The van der Waals surface area contributed by atoms with Gasteiger partial charge in [0, 0.05) is 16.8 Å². The summed E-state index contributed by atoms with van der Waals surface area (Å²) < 4.78 is 2.43. The smallest absolute Gasteiger partial charge is 0.255 e. The molecule has 0 saturated heterocycles. The molecule has 0 aliphatic rings. The lowest BCUT2D eigenvalue weighted by Crippen LogP contribution is -2.26. The van der Waals surface area contributed by atoms with E-state index in [0.29, 0.717) is 17.9 Å². The molecule has 0 saturated carbocycles. The van der Waals surface area contributed by atoms with Crippen LogP contribution < -0.4 is 0 Å². The summed E-state index contributed by atoms with van der Waals surface area (Å²) in [5.41, 5.74) is 1.56. The molecule has 4 rings (SSSR count). The maximum Gasteiger partial charge on any atom is 0.255 e. The first-order chi connectivity index (χ1) is 14.6. The van der Waals surface area contributed by atoms with E-state index in [0.717, 1.165) is 25.6 Å². The van der Waals surface area contributed by atoms with E-state index in [9.17, 15) is 4.79 Å². The van der Waals surface area contributed by atoms with E-state index < -0.39 is 0 Å². The third-order valence-electron chi connectivity index (χ3n) is 4.38. The molecule has 0 unspecified atom stereocenters. The number of nitrogens with zero attached hydrogens (tertiary/aromatic N) is 5. The summed E-state index contributed by atoms with van der Waals surface area (Å²) in [6, 6.07) is 21.1. The van der Waals surface area contributed by atoms with Gasteiger partial charge in [-0.05, 0) is 46.8 Å². The molecule has 4 aromatic rings. The van der Waals surface area contributed by atoms with E-state index in [4.69, 9.17) is 11.6 Å². The number of para-hydroxylation sites is 1. The number of carbonyl (C=O) groups excluding carboxylic acids is 1. The molecule has 0 fully saturated rings. The zero-order valence-electron chi connectivity index (χ0n) is 16.1. The Morgan fingerprint density at radius 2 is 1.87 bits per heavy atom. The van der Waals surface area contributed by atoms with Crippen molar-refractivity contribution in [1.29, 1.82) is 0 Å². The quantitative estimate of drug-likeness (QED) is 0.369. The summed E-state index contributed by atoms with van der Waals surface area (Å²) in [5.74, 6) is 1.22. The van der Waals surface area contributed by atoms with Gasteiger partial charge in [-0.1, -0.05) is 41.9 Å². The summed E-state index contributed by atoms with van der Waals surface area (Å²) >= 11 is 9.03. The van der Waals surface area contributed by atoms with E-state index in [1.54, 1.807) is 28.4 Å². The number of hydrogen-bond acceptors (Lipinski definition) is 6. The number of thiophene rings is 1. The summed E-state index contributed by atoms with van der Waals surface area (Å²) in [6.07, 6.45) is 0. The lowest BCUT2D eigenvalue weighted by Gasteiger charge is -2.18. The van der Waals surface area contributed by atoms with Gasteiger partial charge < -0.3 is 4.90 Å². The predicted molar refractivity (Wildman–Crippen MR) is 120 cm³/mol. The van der Waals surface area contributed by atoms with Crippen LogP contribution in [0.2, 0.25) is 4.34 Å². The van der Waals surface area contributed by atoms with Gasteiger partial charge in [-0.15, -0.1) is 28.2 Å². The first kappa shape index (κ1) is 20.6. The topological polar surface area (TPSA) is 63.9 Å². The summed E-state index contributed by atoms with van der Waals surface area (Å²) in [6.45, 7) is 0.515. The van der Waals surface area contributed by atoms with Crippen LogP contribution in [0.4, 0.5) is 0 Å². The van der Waals surface area contributed by atoms with Crippen molar-refractivity contribution in [3.63, 3.8) is 0 Å². The number of rotatable bonds is 7. The molecule has 9 heteroatoms. The fraction of sp³-hybridized carbons (Fsp3) is 0.143. The molecule has 0 radical (unpaired) electrons. The Hall–Kier alpha value is -2.68. The number of hydrogen-bond donors (Lipinski definition) is 0. The van der Waals surface area contributed by atoms with Crippen molar-refractivity contribution in [3.05, 3.63) is 87.3 Å². The van der Waals surface area contributed by atoms with Crippen molar-refractivity contribution in [1.82, 2.24) is 25.1 Å². The number of benzene rings is 2. The van der Waals surface area contributed by atoms with Gasteiger partial charge in [-0.2, -0.15) is 4.68 Å². The minimum atomic E-state index is -0.0368. The summed E-state index contributed by atoms with van der Waals surface area (Å²) in [5, 5.41) is 12.1. The van der Waals surface area contributed by atoms with E-state index in [2.05, 4.69) is 15.5 Å². The van der Waals surface area contributed by atoms with Gasteiger partial charge in [-0.3, -0.25) is 4.79 Å². The normalized spacial score (nSPS) is 10.9. The van der Waals surface area contributed by atoms with Crippen LogP contribution in [-0.4, -0.2) is 38.1 Å². The summed E-state index contributed by atoms with van der Waals surface area (Å²) in [7, 11) is 1.80. The molecule has 0 spiro atoms. The number of carbonyl (C=O) groups is 1. The second kappa shape index (κ2) is 9.42. The lowest BCUT2D eigenvalue weighted by atomic mass is 10.2.